The summed E-state index contributed by atoms with van der Waals surface area (Å²) in [6, 6.07) is 0. The first-order valence-corrected chi connectivity index (χ1v) is 5.73. The van der Waals surface area contributed by atoms with Gasteiger partial charge in [0.2, 0.25) is 10.4 Å². The molecule has 0 radical (unpaired) electrons. The molecule has 7 heteroatoms. The minimum atomic E-state index is -4.92. The molecule has 14 heavy (non-hydrogen) atoms. The molecule has 0 aliphatic carbocycles. The lowest BCUT2D eigenvalue weighted by Gasteiger charge is -2.36. The first-order chi connectivity index (χ1) is 6.27. The average Bonchev–Trinajstić information content (AvgIpc) is 2.03. The minimum absolute atomic E-state index is 0.949. The number of nitrogens with zero attached hydrogens (tertiary/aromatic N) is 1. The van der Waals surface area contributed by atoms with Crippen LogP contribution in [0.25, 0.3) is 0 Å². The highest BCUT2D eigenvalue weighted by molar-refractivity contribution is 7.79. The number of quaternary nitrogens is 1. The summed E-state index contributed by atoms with van der Waals surface area (Å²) in [5, 5.41) is 0. The van der Waals surface area contributed by atoms with Gasteiger partial charge in [-0.2, -0.15) is 0 Å². The Morgan fingerprint density at radius 1 is 1.43 bits per heavy atom. The van der Waals surface area contributed by atoms with Crippen molar-refractivity contribution in [3.05, 3.63) is 0 Å². The third-order valence-electron chi connectivity index (χ3n) is 2.31. The van der Waals surface area contributed by atoms with Gasteiger partial charge in [-0.3, -0.25) is 4.55 Å². The summed E-state index contributed by atoms with van der Waals surface area (Å²) in [7, 11) is -2.62. The molecule has 1 aliphatic heterocycles. The van der Waals surface area contributed by atoms with Gasteiger partial charge in [-0.25, -0.2) is 8.42 Å². The number of rotatable bonds is 1. The van der Waals surface area contributed by atoms with Crippen LogP contribution < -0.4 is 0 Å². The van der Waals surface area contributed by atoms with Gasteiger partial charge in [-0.05, 0) is 6.92 Å². The maximum absolute atomic E-state index is 8.63. The summed E-state index contributed by atoms with van der Waals surface area (Å²) in [4.78, 5) is 0. The molecule has 86 valence electrons. The van der Waals surface area contributed by atoms with Crippen LogP contribution in [0.2, 0.25) is 0 Å². The highest BCUT2D eigenvalue weighted by Crippen LogP contribution is 2.05. The fourth-order valence-electron chi connectivity index (χ4n) is 1.10. The monoisotopic (exact) mass is 227 g/mol. The van der Waals surface area contributed by atoms with Crippen LogP contribution >= 0.6 is 0 Å². The summed E-state index contributed by atoms with van der Waals surface area (Å²) in [5.74, 6) is 0. The number of likely N-dealkylation sites (N-methyl/N-ethyl adjacent to an activating group) is 1. The van der Waals surface area contributed by atoms with Crippen molar-refractivity contribution in [3.63, 3.8) is 0 Å². The molecule has 0 amide bonds. The average molecular weight is 227 g/mol. The Labute approximate surface area is 84.6 Å². The number of ether oxygens (including phenoxy) is 1. The lowest BCUT2D eigenvalue weighted by molar-refractivity contribution is -0.915. The van der Waals surface area contributed by atoms with Gasteiger partial charge in [0.25, 0.3) is 0 Å². The SMILES string of the molecule is CC[N+]1(C)CCOCC1.O=S(=O)([O-])O. The quantitative estimate of drug-likeness (QED) is 0.370. The Morgan fingerprint density at radius 2 is 1.79 bits per heavy atom. The zero-order valence-electron chi connectivity index (χ0n) is 8.47. The van der Waals surface area contributed by atoms with Gasteiger partial charge in [0.1, 0.15) is 13.1 Å². The lowest BCUT2D eigenvalue weighted by Crippen LogP contribution is -2.51. The summed E-state index contributed by atoms with van der Waals surface area (Å²) < 4.78 is 39.3. The smallest absolute Gasteiger partial charge is 0.215 e. The Morgan fingerprint density at radius 3 is 2.00 bits per heavy atom. The molecular formula is C7H17NO5S. The fourth-order valence-corrected chi connectivity index (χ4v) is 1.10. The Kier molecular flexibility index (Phi) is 5.53. The van der Waals surface area contributed by atoms with Crippen molar-refractivity contribution in [2.24, 2.45) is 0 Å². The first-order valence-electron chi connectivity index (χ1n) is 4.36. The van der Waals surface area contributed by atoms with Gasteiger partial charge < -0.3 is 13.8 Å². The molecule has 0 aromatic rings. The van der Waals surface area contributed by atoms with Gasteiger partial charge in [-0.15, -0.1) is 0 Å². The molecule has 1 rings (SSSR count). The van der Waals surface area contributed by atoms with Crippen LogP contribution in [0.4, 0.5) is 0 Å². The molecule has 1 saturated heterocycles. The van der Waals surface area contributed by atoms with Crippen molar-refractivity contribution in [1.82, 2.24) is 0 Å². The largest absolute Gasteiger partial charge is 0.726 e. The van der Waals surface area contributed by atoms with Crippen LogP contribution in [-0.2, 0) is 15.1 Å². The molecule has 1 fully saturated rings. The van der Waals surface area contributed by atoms with E-state index in [9.17, 15) is 0 Å². The van der Waals surface area contributed by atoms with E-state index in [1.807, 2.05) is 0 Å². The van der Waals surface area contributed by atoms with Crippen LogP contribution in [0.5, 0.6) is 0 Å². The summed E-state index contributed by atoms with van der Waals surface area (Å²) in [6.07, 6.45) is 0. The molecule has 0 unspecified atom stereocenters. The summed E-state index contributed by atoms with van der Waals surface area (Å²) in [5.41, 5.74) is 0. The van der Waals surface area contributed by atoms with Crippen LogP contribution in [0.1, 0.15) is 6.92 Å². The van der Waals surface area contributed by atoms with Crippen molar-refractivity contribution in [2.75, 3.05) is 39.9 Å². The molecule has 0 bridgehead atoms. The van der Waals surface area contributed by atoms with E-state index in [1.54, 1.807) is 0 Å². The van der Waals surface area contributed by atoms with Gasteiger partial charge >= 0.3 is 0 Å². The van der Waals surface area contributed by atoms with Crippen molar-refractivity contribution < 1.29 is 26.7 Å². The maximum Gasteiger partial charge on any atom is 0.215 e. The van der Waals surface area contributed by atoms with E-state index in [1.165, 1.54) is 24.1 Å². The fraction of sp³-hybridized carbons (Fsp3) is 1.00. The second-order valence-electron chi connectivity index (χ2n) is 3.42. The molecule has 1 N–H and O–H groups in total. The van der Waals surface area contributed by atoms with Crippen LogP contribution in [0.3, 0.4) is 0 Å². The Hall–Kier alpha value is -0.210. The van der Waals surface area contributed by atoms with E-state index in [0.717, 1.165) is 13.2 Å². The minimum Gasteiger partial charge on any atom is -0.726 e. The van der Waals surface area contributed by atoms with Crippen molar-refractivity contribution in [1.29, 1.82) is 0 Å². The molecule has 1 aliphatic rings. The van der Waals surface area contributed by atoms with E-state index in [0.29, 0.717) is 0 Å². The standard InChI is InChI=1S/C7H16NO.H2O4S/c1-3-8(2)4-6-9-7-5-8;1-5(2,3)4/h3-7H2,1-2H3;(H2,1,2,3,4)/q+1;/p-1. The molecular weight excluding hydrogens is 210 g/mol. The lowest BCUT2D eigenvalue weighted by atomic mass is 10.3. The van der Waals surface area contributed by atoms with Crippen molar-refractivity contribution in [3.8, 4) is 0 Å². The van der Waals surface area contributed by atoms with Crippen LogP contribution in [-0.4, -0.2) is 61.9 Å². The van der Waals surface area contributed by atoms with Gasteiger partial charge in [0.05, 0.1) is 26.8 Å². The second kappa shape index (κ2) is 5.62. The van der Waals surface area contributed by atoms with Crippen molar-refractivity contribution in [2.45, 2.75) is 6.92 Å². The van der Waals surface area contributed by atoms with E-state index >= 15 is 0 Å². The second-order valence-corrected chi connectivity index (χ2v) is 4.28. The Balaban J connectivity index is 0.000000292. The molecule has 1 heterocycles. The zero-order chi connectivity index (χ0) is 11.2. The highest BCUT2D eigenvalue weighted by atomic mass is 32.3. The molecule has 0 spiro atoms. The van der Waals surface area contributed by atoms with E-state index < -0.39 is 10.4 Å². The van der Waals surface area contributed by atoms with E-state index in [-0.39, 0.29) is 0 Å². The van der Waals surface area contributed by atoms with E-state index in [4.69, 9.17) is 22.3 Å². The zero-order valence-corrected chi connectivity index (χ0v) is 9.29. The molecule has 0 aromatic heterocycles. The third-order valence-corrected chi connectivity index (χ3v) is 2.31. The van der Waals surface area contributed by atoms with Gasteiger partial charge in [-0.1, -0.05) is 0 Å². The third kappa shape index (κ3) is 8.39. The normalized spacial score (nSPS) is 20.9. The molecule has 0 atom stereocenters. The number of morpholine rings is 1. The predicted octanol–water partition coefficient (Wildman–Crippen LogP) is -0.512. The maximum atomic E-state index is 8.63. The number of hydrogen-bond donors (Lipinski definition) is 1. The molecule has 0 aromatic carbocycles. The van der Waals surface area contributed by atoms with E-state index in [2.05, 4.69) is 14.0 Å². The predicted molar refractivity (Wildman–Crippen MR) is 49.6 cm³/mol. The molecule has 0 saturated carbocycles. The van der Waals surface area contributed by atoms with Crippen LogP contribution in [0.15, 0.2) is 0 Å². The first kappa shape index (κ1) is 13.8. The molecule has 6 nitrogen and oxygen atoms in total. The van der Waals surface area contributed by atoms with Gasteiger partial charge in [0, 0.05) is 0 Å². The number of hydrogen-bond acceptors (Lipinski definition) is 4. The van der Waals surface area contributed by atoms with Crippen LogP contribution in [0, 0.1) is 0 Å². The summed E-state index contributed by atoms with van der Waals surface area (Å²) in [6.45, 7) is 7.76. The topological polar surface area (TPSA) is 86.7 Å². The highest BCUT2D eigenvalue weighted by Gasteiger charge is 2.21. The van der Waals surface area contributed by atoms with Gasteiger partial charge in [0.15, 0.2) is 0 Å². The van der Waals surface area contributed by atoms with Crippen molar-refractivity contribution >= 4 is 10.4 Å². The Bertz CT molecular complexity index is 237. The summed E-state index contributed by atoms with van der Waals surface area (Å²) >= 11 is 0.